The molecule has 0 unspecified atom stereocenters. The number of thiophene rings is 1. The van der Waals surface area contributed by atoms with Crippen molar-refractivity contribution < 1.29 is 29.4 Å². The van der Waals surface area contributed by atoms with Crippen molar-refractivity contribution in [1.82, 2.24) is 4.90 Å². The van der Waals surface area contributed by atoms with Crippen molar-refractivity contribution >= 4 is 57.9 Å². The molecule has 3 rings (SSSR count). The summed E-state index contributed by atoms with van der Waals surface area (Å²) in [6.45, 7) is -0.0951. The Kier molecular flexibility index (Phi) is 5.81. The van der Waals surface area contributed by atoms with Crippen LogP contribution in [0.1, 0.15) is 21.7 Å². The first-order valence-corrected chi connectivity index (χ1v) is 9.70. The van der Waals surface area contributed by atoms with Gasteiger partial charge in [0.25, 0.3) is 11.1 Å². The van der Waals surface area contributed by atoms with Gasteiger partial charge in [0, 0.05) is 23.5 Å². The van der Waals surface area contributed by atoms with Gasteiger partial charge in [-0.1, -0.05) is 6.07 Å². The minimum absolute atomic E-state index is 0.0951. The Morgan fingerprint density at radius 3 is 2.68 bits per heavy atom. The average Bonchev–Trinajstić information content (AvgIpc) is 3.24. The number of hydrogen-bond donors (Lipinski definition) is 3. The molecule has 0 bridgehead atoms. The van der Waals surface area contributed by atoms with Crippen molar-refractivity contribution in [2.24, 2.45) is 0 Å². The maximum Gasteiger partial charge on any atom is 0.339 e. The van der Waals surface area contributed by atoms with Gasteiger partial charge in [-0.25, -0.2) is 4.79 Å². The molecule has 0 spiro atoms. The third kappa shape index (κ3) is 4.41. The number of rotatable bonds is 6. The molecular weight excluding hydrogens is 404 g/mol. The molecule has 1 aromatic carbocycles. The predicted octanol–water partition coefficient (Wildman–Crippen LogP) is 3.22. The maximum absolute atomic E-state index is 12.4. The van der Waals surface area contributed by atoms with Crippen LogP contribution in [0.5, 0.6) is 5.75 Å². The van der Waals surface area contributed by atoms with E-state index in [1.54, 1.807) is 6.08 Å². The first kappa shape index (κ1) is 19.6. The van der Waals surface area contributed by atoms with Gasteiger partial charge < -0.3 is 15.5 Å². The van der Waals surface area contributed by atoms with E-state index in [0.717, 1.165) is 33.7 Å². The van der Waals surface area contributed by atoms with Crippen molar-refractivity contribution in [3.05, 3.63) is 51.1 Å². The highest BCUT2D eigenvalue weighted by atomic mass is 32.2. The Hall–Kier alpha value is -3.11. The van der Waals surface area contributed by atoms with Gasteiger partial charge in [-0.15, -0.1) is 11.3 Å². The van der Waals surface area contributed by atoms with Crippen molar-refractivity contribution in [3.8, 4) is 5.75 Å². The smallest absolute Gasteiger partial charge is 0.339 e. The molecule has 0 radical (unpaired) electrons. The number of nitrogens with one attached hydrogen (secondary N) is 1. The number of benzene rings is 1. The van der Waals surface area contributed by atoms with E-state index in [9.17, 15) is 24.3 Å². The quantitative estimate of drug-likeness (QED) is 0.486. The van der Waals surface area contributed by atoms with Crippen molar-refractivity contribution in [2.45, 2.75) is 6.42 Å². The number of hydrogen-bond acceptors (Lipinski definition) is 7. The Balaban J connectivity index is 1.60. The molecule has 0 atom stereocenters. The molecule has 2 aromatic rings. The third-order valence-electron chi connectivity index (χ3n) is 3.76. The van der Waals surface area contributed by atoms with E-state index in [-0.39, 0.29) is 24.2 Å². The van der Waals surface area contributed by atoms with Crippen LogP contribution in [0.3, 0.4) is 0 Å². The zero-order valence-electron chi connectivity index (χ0n) is 14.2. The van der Waals surface area contributed by atoms with Crippen LogP contribution in [0.4, 0.5) is 10.5 Å². The van der Waals surface area contributed by atoms with Gasteiger partial charge in [-0.3, -0.25) is 19.3 Å². The number of nitrogens with zero attached hydrogens (tertiary/aromatic N) is 1. The number of imide groups is 1. The minimum Gasteiger partial charge on any atom is -0.507 e. The number of aromatic hydroxyl groups is 1. The lowest BCUT2D eigenvalue weighted by Gasteiger charge is -2.12. The molecule has 8 nitrogen and oxygen atoms in total. The van der Waals surface area contributed by atoms with Gasteiger partial charge in [0.1, 0.15) is 11.3 Å². The molecule has 1 aliphatic rings. The zero-order chi connectivity index (χ0) is 20.3. The van der Waals surface area contributed by atoms with Gasteiger partial charge >= 0.3 is 5.97 Å². The molecule has 1 aromatic heterocycles. The number of carboxylic acids is 1. The highest BCUT2D eigenvalue weighted by Crippen LogP contribution is 2.33. The van der Waals surface area contributed by atoms with Crippen LogP contribution in [-0.2, 0) is 9.59 Å². The van der Waals surface area contributed by atoms with Crippen molar-refractivity contribution in [3.63, 3.8) is 0 Å². The van der Waals surface area contributed by atoms with Crippen LogP contribution < -0.4 is 5.32 Å². The Morgan fingerprint density at radius 2 is 2.00 bits per heavy atom. The molecule has 1 saturated heterocycles. The van der Waals surface area contributed by atoms with E-state index in [1.807, 2.05) is 17.5 Å². The van der Waals surface area contributed by atoms with E-state index < -0.39 is 28.8 Å². The van der Waals surface area contributed by atoms with Crippen molar-refractivity contribution in [2.75, 3.05) is 11.9 Å². The number of carbonyl (C=O) groups is 4. The van der Waals surface area contributed by atoms with Crippen LogP contribution in [0.2, 0.25) is 0 Å². The van der Waals surface area contributed by atoms with Crippen LogP contribution in [0.25, 0.3) is 6.08 Å². The Morgan fingerprint density at radius 1 is 1.21 bits per heavy atom. The van der Waals surface area contributed by atoms with Gasteiger partial charge in [0.15, 0.2) is 0 Å². The van der Waals surface area contributed by atoms with E-state index in [4.69, 9.17) is 5.11 Å². The molecule has 0 aliphatic carbocycles. The molecule has 0 saturated carbocycles. The van der Waals surface area contributed by atoms with E-state index in [2.05, 4.69) is 5.32 Å². The summed E-state index contributed by atoms with van der Waals surface area (Å²) in [5, 5.41) is 22.4. The number of aromatic carboxylic acids is 1. The normalized spacial score (nSPS) is 15.3. The summed E-state index contributed by atoms with van der Waals surface area (Å²) in [5.74, 6) is -2.69. The SMILES string of the molecule is O=C(CCN1C(=O)SC(=Cc2cccs2)C1=O)Nc1ccc(O)c(C(=O)O)c1. The predicted molar refractivity (Wildman–Crippen MR) is 105 cm³/mol. The third-order valence-corrected chi connectivity index (χ3v) is 5.49. The summed E-state index contributed by atoms with van der Waals surface area (Å²) in [6, 6.07) is 7.30. The first-order valence-electron chi connectivity index (χ1n) is 8.00. The summed E-state index contributed by atoms with van der Waals surface area (Å²) < 4.78 is 0. The highest BCUT2D eigenvalue weighted by Gasteiger charge is 2.35. The molecule has 28 heavy (non-hydrogen) atoms. The summed E-state index contributed by atoms with van der Waals surface area (Å²) in [5.41, 5.74) is -0.158. The molecule has 144 valence electrons. The first-order chi connectivity index (χ1) is 13.3. The Labute approximate surface area is 167 Å². The second-order valence-corrected chi connectivity index (χ2v) is 7.66. The summed E-state index contributed by atoms with van der Waals surface area (Å²) >= 11 is 2.27. The maximum atomic E-state index is 12.4. The van der Waals surface area contributed by atoms with Crippen LogP contribution >= 0.6 is 23.1 Å². The van der Waals surface area contributed by atoms with Gasteiger partial charge in [-0.05, 0) is 47.5 Å². The van der Waals surface area contributed by atoms with Crippen molar-refractivity contribution in [1.29, 1.82) is 0 Å². The Bertz CT molecular complexity index is 984. The number of phenols is 1. The lowest BCUT2D eigenvalue weighted by molar-refractivity contribution is -0.123. The van der Waals surface area contributed by atoms with Gasteiger partial charge in [0.2, 0.25) is 5.91 Å². The number of carbonyl (C=O) groups excluding carboxylic acids is 3. The standard InChI is InChI=1S/C18H14N2O6S2/c21-13-4-3-10(8-12(13)17(24)25)19-15(22)5-6-20-16(23)14(28-18(20)26)9-11-2-1-7-27-11/h1-4,7-9,21H,5-6H2,(H,19,22)(H,24,25). The molecular formula is C18H14N2O6S2. The average molecular weight is 418 g/mol. The topological polar surface area (TPSA) is 124 Å². The molecule has 2 heterocycles. The van der Waals surface area contributed by atoms with Gasteiger partial charge in [0.05, 0.1) is 4.91 Å². The largest absolute Gasteiger partial charge is 0.507 e. The fourth-order valence-corrected chi connectivity index (χ4v) is 4.01. The number of amides is 3. The zero-order valence-corrected chi connectivity index (χ0v) is 15.9. The summed E-state index contributed by atoms with van der Waals surface area (Å²) in [7, 11) is 0. The van der Waals surface area contributed by atoms with Crippen LogP contribution in [0, 0.1) is 0 Å². The lowest BCUT2D eigenvalue weighted by Crippen LogP contribution is -2.31. The highest BCUT2D eigenvalue weighted by molar-refractivity contribution is 8.18. The molecule has 10 heteroatoms. The molecule has 3 amide bonds. The van der Waals surface area contributed by atoms with Crippen LogP contribution in [-0.4, -0.2) is 44.7 Å². The van der Waals surface area contributed by atoms with E-state index >= 15 is 0 Å². The fraction of sp³-hybridized carbons (Fsp3) is 0.111. The second kappa shape index (κ2) is 8.28. The number of anilines is 1. The number of thioether (sulfide) groups is 1. The lowest BCUT2D eigenvalue weighted by atomic mass is 10.1. The van der Waals surface area contributed by atoms with E-state index in [1.165, 1.54) is 17.4 Å². The molecule has 1 fully saturated rings. The fourth-order valence-electron chi connectivity index (χ4n) is 2.42. The monoisotopic (exact) mass is 418 g/mol. The summed E-state index contributed by atoms with van der Waals surface area (Å²) in [6.07, 6.45) is 1.49. The summed E-state index contributed by atoms with van der Waals surface area (Å²) in [4.78, 5) is 49.7. The number of carboxylic acid groups (broad SMARTS) is 1. The minimum atomic E-state index is -1.33. The molecule has 3 N–H and O–H groups in total. The molecule has 1 aliphatic heterocycles. The van der Waals surface area contributed by atoms with Gasteiger partial charge in [-0.2, -0.15) is 0 Å². The second-order valence-electron chi connectivity index (χ2n) is 5.68. The van der Waals surface area contributed by atoms with E-state index in [0.29, 0.717) is 4.91 Å². The van der Waals surface area contributed by atoms with Crippen LogP contribution in [0.15, 0.2) is 40.6 Å².